The minimum atomic E-state index is 0.179. The molecule has 1 fully saturated rings. The topological polar surface area (TPSA) is 26.0 Å². The molecule has 0 spiro atoms. The summed E-state index contributed by atoms with van der Waals surface area (Å²) in [5, 5.41) is 0. The molecule has 1 aliphatic carbocycles. The Morgan fingerprint density at radius 2 is 2.29 bits per heavy atom. The van der Waals surface area contributed by atoms with Gasteiger partial charge in [0.15, 0.2) is 0 Å². The van der Waals surface area contributed by atoms with E-state index in [2.05, 4.69) is 13.0 Å². The summed E-state index contributed by atoms with van der Waals surface area (Å²) in [5.41, 5.74) is 6.65. The highest BCUT2D eigenvalue weighted by molar-refractivity contribution is 7.16. The van der Waals surface area contributed by atoms with E-state index in [1.807, 2.05) is 6.07 Å². The summed E-state index contributed by atoms with van der Waals surface area (Å²) in [7, 11) is 0. The van der Waals surface area contributed by atoms with Gasteiger partial charge in [-0.3, -0.25) is 0 Å². The van der Waals surface area contributed by atoms with Crippen LogP contribution in [-0.2, 0) is 0 Å². The number of hydrogen-bond acceptors (Lipinski definition) is 2. The highest BCUT2D eigenvalue weighted by atomic mass is 35.5. The molecule has 2 N–H and O–H groups in total. The molecule has 1 atom stereocenters. The fraction of sp³-hybridized carbons (Fsp3) is 0.636. The van der Waals surface area contributed by atoms with Gasteiger partial charge in [-0.2, -0.15) is 0 Å². The van der Waals surface area contributed by atoms with E-state index in [0.29, 0.717) is 5.41 Å². The second-order valence-corrected chi connectivity index (χ2v) is 6.36. The van der Waals surface area contributed by atoms with Crippen LogP contribution >= 0.6 is 22.9 Å². The summed E-state index contributed by atoms with van der Waals surface area (Å²) in [6, 6.07) is 4.17. The predicted octanol–water partition coefficient (Wildman–Crippen LogP) is 3.98. The van der Waals surface area contributed by atoms with Crippen LogP contribution in [0.3, 0.4) is 0 Å². The summed E-state index contributed by atoms with van der Waals surface area (Å²) in [6.07, 6.45) is 5.14. The molecule has 0 aromatic carbocycles. The number of rotatable bonds is 3. The van der Waals surface area contributed by atoms with Gasteiger partial charge < -0.3 is 5.73 Å². The number of thiophene rings is 1. The summed E-state index contributed by atoms with van der Waals surface area (Å²) < 4.78 is 0.842. The van der Waals surface area contributed by atoms with Crippen molar-refractivity contribution in [1.29, 1.82) is 0 Å². The fourth-order valence-corrected chi connectivity index (χ4v) is 3.21. The Kier molecular flexibility index (Phi) is 2.87. The van der Waals surface area contributed by atoms with Gasteiger partial charge in [0.2, 0.25) is 0 Å². The van der Waals surface area contributed by atoms with E-state index in [1.165, 1.54) is 24.1 Å². The molecule has 1 aromatic heterocycles. The Balaban J connectivity index is 1.98. The lowest BCUT2D eigenvalue weighted by atomic mass is 9.67. The van der Waals surface area contributed by atoms with Crippen LogP contribution in [0.5, 0.6) is 0 Å². The van der Waals surface area contributed by atoms with Crippen LogP contribution in [0.15, 0.2) is 12.1 Å². The van der Waals surface area contributed by atoms with Crippen molar-refractivity contribution in [3.8, 4) is 0 Å². The molecule has 14 heavy (non-hydrogen) atoms. The maximum absolute atomic E-state index is 6.16. The van der Waals surface area contributed by atoms with Crippen LogP contribution in [0.1, 0.15) is 43.5 Å². The van der Waals surface area contributed by atoms with Gasteiger partial charge in [-0.05, 0) is 36.8 Å². The van der Waals surface area contributed by atoms with Gasteiger partial charge in [0, 0.05) is 10.9 Å². The van der Waals surface area contributed by atoms with E-state index in [1.54, 1.807) is 11.3 Å². The molecule has 78 valence electrons. The second kappa shape index (κ2) is 3.84. The molecule has 1 saturated carbocycles. The van der Waals surface area contributed by atoms with E-state index in [0.717, 1.165) is 10.8 Å². The minimum Gasteiger partial charge on any atom is -0.323 e. The van der Waals surface area contributed by atoms with Crippen LogP contribution in [0, 0.1) is 5.41 Å². The zero-order chi connectivity index (χ0) is 10.2. The standard InChI is InChI=1S/C11H16ClNS/c1-11(5-2-6-11)7-8(13)9-3-4-10(12)14-9/h3-4,8H,2,5-7,13H2,1H3. The lowest BCUT2D eigenvalue weighted by Gasteiger charge is -2.40. The van der Waals surface area contributed by atoms with E-state index >= 15 is 0 Å². The van der Waals surface area contributed by atoms with Gasteiger partial charge in [0.05, 0.1) is 4.34 Å². The number of hydrogen-bond donors (Lipinski definition) is 1. The first-order valence-corrected chi connectivity index (χ1v) is 6.29. The minimum absolute atomic E-state index is 0.179. The lowest BCUT2D eigenvalue weighted by molar-refractivity contribution is 0.135. The molecule has 2 rings (SSSR count). The zero-order valence-electron chi connectivity index (χ0n) is 8.42. The van der Waals surface area contributed by atoms with Crippen molar-refractivity contribution in [3.63, 3.8) is 0 Å². The summed E-state index contributed by atoms with van der Waals surface area (Å²) in [6.45, 7) is 2.34. The third-order valence-electron chi connectivity index (χ3n) is 3.23. The average Bonchev–Trinajstić information content (AvgIpc) is 2.49. The lowest BCUT2D eigenvalue weighted by Crippen LogP contribution is -2.29. The van der Waals surface area contributed by atoms with Crippen molar-refractivity contribution in [1.82, 2.24) is 0 Å². The van der Waals surface area contributed by atoms with Crippen molar-refractivity contribution >= 4 is 22.9 Å². The number of nitrogens with two attached hydrogens (primary N) is 1. The van der Waals surface area contributed by atoms with Gasteiger partial charge in [-0.1, -0.05) is 24.9 Å². The van der Waals surface area contributed by atoms with Crippen LogP contribution < -0.4 is 5.73 Å². The van der Waals surface area contributed by atoms with Crippen molar-refractivity contribution in [3.05, 3.63) is 21.3 Å². The molecule has 0 saturated heterocycles. The molecule has 1 aromatic rings. The van der Waals surface area contributed by atoms with Crippen LogP contribution in [0.25, 0.3) is 0 Å². The zero-order valence-corrected chi connectivity index (χ0v) is 10.00. The Morgan fingerprint density at radius 3 is 2.71 bits per heavy atom. The molecular formula is C11H16ClNS. The molecule has 0 radical (unpaired) electrons. The molecule has 0 bridgehead atoms. The van der Waals surface area contributed by atoms with Gasteiger partial charge in [-0.25, -0.2) is 0 Å². The third kappa shape index (κ3) is 2.13. The van der Waals surface area contributed by atoms with Gasteiger partial charge in [-0.15, -0.1) is 11.3 Å². The monoisotopic (exact) mass is 229 g/mol. The van der Waals surface area contributed by atoms with Crippen LogP contribution in [0.4, 0.5) is 0 Å². The Morgan fingerprint density at radius 1 is 1.57 bits per heavy atom. The van der Waals surface area contributed by atoms with Gasteiger partial charge >= 0.3 is 0 Å². The fourth-order valence-electron chi connectivity index (χ4n) is 2.14. The summed E-state index contributed by atoms with van der Waals surface area (Å²) in [5.74, 6) is 0. The molecule has 0 aliphatic heterocycles. The first-order valence-electron chi connectivity index (χ1n) is 5.10. The Labute approximate surface area is 94.3 Å². The van der Waals surface area contributed by atoms with Crippen molar-refractivity contribution in [2.45, 2.75) is 38.6 Å². The van der Waals surface area contributed by atoms with E-state index < -0.39 is 0 Å². The third-order valence-corrected chi connectivity index (χ3v) is 4.60. The van der Waals surface area contributed by atoms with Crippen LogP contribution in [-0.4, -0.2) is 0 Å². The molecule has 1 heterocycles. The van der Waals surface area contributed by atoms with Gasteiger partial charge in [0.1, 0.15) is 0 Å². The normalized spacial score (nSPS) is 21.6. The van der Waals surface area contributed by atoms with Crippen molar-refractivity contribution in [2.75, 3.05) is 0 Å². The van der Waals surface area contributed by atoms with Crippen LogP contribution in [0.2, 0.25) is 4.34 Å². The summed E-state index contributed by atoms with van der Waals surface area (Å²) in [4.78, 5) is 1.23. The van der Waals surface area contributed by atoms with E-state index in [9.17, 15) is 0 Å². The first kappa shape index (κ1) is 10.5. The maximum Gasteiger partial charge on any atom is 0.0931 e. The highest BCUT2D eigenvalue weighted by Crippen LogP contribution is 2.46. The molecule has 0 amide bonds. The second-order valence-electron chi connectivity index (χ2n) is 4.62. The molecule has 3 heteroatoms. The molecule has 1 aliphatic rings. The van der Waals surface area contributed by atoms with Crippen molar-refractivity contribution < 1.29 is 0 Å². The number of halogens is 1. The SMILES string of the molecule is CC1(CC(N)c2ccc(Cl)s2)CCC1. The smallest absolute Gasteiger partial charge is 0.0931 e. The molecule has 1 unspecified atom stereocenters. The molecule has 1 nitrogen and oxygen atoms in total. The highest BCUT2D eigenvalue weighted by Gasteiger charge is 2.33. The summed E-state index contributed by atoms with van der Waals surface area (Å²) >= 11 is 7.50. The maximum atomic E-state index is 6.16. The van der Waals surface area contributed by atoms with E-state index in [-0.39, 0.29) is 6.04 Å². The Bertz CT molecular complexity index is 317. The van der Waals surface area contributed by atoms with Gasteiger partial charge in [0.25, 0.3) is 0 Å². The molecular weight excluding hydrogens is 214 g/mol. The van der Waals surface area contributed by atoms with E-state index in [4.69, 9.17) is 17.3 Å². The first-order chi connectivity index (χ1) is 6.59. The largest absolute Gasteiger partial charge is 0.323 e. The Hall–Kier alpha value is -0.0500. The predicted molar refractivity (Wildman–Crippen MR) is 62.8 cm³/mol. The average molecular weight is 230 g/mol. The van der Waals surface area contributed by atoms with Crippen molar-refractivity contribution in [2.24, 2.45) is 11.1 Å². The quantitative estimate of drug-likeness (QED) is 0.834.